The fraction of sp³-hybridized carbons (Fsp3) is 0.375. The van der Waals surface area contributed by atoms with Gasteiger partial charge < -0.3 is 0 Å². The molecule has 1 aromatic heterocycles. The minimum atomic E-state index is -0.359. The van der Waals surface area contributed by atoms with Gasteiger partial charge in [-0.15, -0.1) is 11.3 Å². The Morgan fingerprint density at radius 3 is 2.45 bits per heavy atom. The largest absolute Gasteiger partial charge is 0.275 e. The normalized spacial score (nSPS) is 10.5. The van der Waals surface area contributed by atoms with Gasteiger partial charge >= 0.3 is 0 Å². The summed E-state index contributed by atoms with van der Waals surface area (Å²) in [5, 5.41) is -0.359. The smallest absolute Gasteiger partial charge is 0.262 e. The molecule has 1 rings (SSSR count). The van der Waals surface area contributed by atoms with Crippen molar-refractivity contribution in [3.05, 3.63) is 21.9 Å². The first kappa shape index (κ1) is 8.75. The molecule has 0 aromatic carbocycles. The highest BCUT2D eigenvalue weighted by Crippen LogP contribution is 2.24. The highest BCUT2D eigenvalue weighted by atomic mass is 35.5. The average molecular weight is 189 g/mol. The molecule has 60 valence electrons. The van der Waals surface area contributed by atoms with Crippen molar-refractivity contribution in [2.45, 2.75) is 19.8 Å². The van der Waals surface area contributed by atoms with Crippen molar-refractivity contribution in [2.75, 3.05) is 0 Å². The quantitative estimate of drug-likeness (QED) is 0.652. The first-order chi connectivity index (χ1) is 5.11. The molecule has 11 heavy (non-hydrogen) atoms. The Kier molecular flexibility index (Phi) is 2.68. The maximum absolute atomic E-state index is 10.7. The number of rotatable bonds is 2. The van der Waals surface area contributed by atoms with Gasteiger partial charge in [0.25, 0.3) is 5.24 Å². The fourth-order valence-electron chi connectivity index (χ4n) is 0.769. The zero-order valence-electron chi connectivity index (χ0n) is 6.43. The van der Waals surface area contributed by atoms with E-state index in [2.05, 4.69) is 13.8 Å². The van der Waals surface area contributed by atoms with Gasteiger partial charge in [-0.2, -0.15) is 0 Å². The predicted molar refractivity (Wildman–Crippen MR) is 48.6 cm³/mol. The van der Waals surface area contributed by atoms with Crippen molar-refractivity contribution in [2.24, 2.45) is 0 Å². The number of carbonyl (C=O) groups is 1. The van der Waals surface area contributed by atoms with E-state index in [1.165, 1.54) is 16.2 Å². The Hall–Kier alpha value is -0.340. The Bertz CT molecular complexity index is 265. The Morgan fingerprint density at radius 2 is 2.18 bits per heavy atom. The van der Waals surface area contributed by atoms with Crippen LogP contribution in [0, 0.1) is 0 Å². The van der Waals surface area contributed by atoms with Crippen LogP contribution < -0.4 is 0 Å². The molecule has 1 heterocycles. The van der Waals surface area contributed by atoms with Gasteiger partial charge in [-0.05, 0) is 29.7 Å². The lowest BCUT2D eigenvalue weighted by Gasteiger charge is -1.96. The third-order valence-electron chi connectivity index (χ3n) is 1.39. The van der Waals surface area contributed by atoms with Gasteiger partial charge in [0.15, 0.2) is 0 Å². The van der Waals surface area contributed by atoms with E-state index in [-0.39, 0.29) is 5.24 Å². The van der Waals surface area contributed by atoms with E-state index in [1.54, 1.807) is 6.07 Å². The molecule has 0 aliphatic rings. The van der Waals surface area contributed by atoms with Crippen LogP contribution in [0.1, 0.15) is 34.3 Å². The van der Waals surface area contributed by atoms with Crippen molar-refractivity contribution in [3.63, 3.8) is 0 Å². The number of thiophene rings is 1. The lowest BCUT2D eigenvalue weighted by Crippen LogP contribution is -1.80. The number of hydrogen-bond acceptors (Lipinski definition) is 2. The highest BCUT2D eigenvalue weighted by molar-refractivity contribution is 7.15. The molecule has 0 radical (unpaired) electrons. The van der Waals surface area contributed by atoms with Gasteiger partial charge in [0.05, 0.1) is 4.88 Å². The monoisotopic (exact) mass is 188 g/mol. The molecule has 0 spiro atoms. The SMILES string of the molecule is CC(C)c1ccc(C(=O)Cl)s1. The molecule has 0 saturated heterocycles. The van der Waals surface area contributed by atoms with Gasteiger partial charge in [0.1, 0.15) is 0 Å². The highest BCUT2D eigenvalue weighted by Gasteiger charge is 2.07. The van der Waals surface area contributed by atoms with Gasteiger partial charge in [-0.1, -0.05) is 13.8 Å². The van der Waals surface area contributed by atoms with Crippen LogP contribution in [0.4, 0.5) is 0 Å². The molecule has 1 nitrogen and oxygen atoms in total. The van der Waals surface area contributed by atoms with Crippen molar-refractivity contribution < 1.29 is 4.79 Å². The Balaban J connectivity index is 2.90. The second-order valence-corrected chi connectivity index (χ2v) is 4.09. The summed E-state index contributed by atoms with van der Waals surface area (Å²) in [5.74, 6) is 0.477. The van der Waals surface area contributed by atoms with Gasteiger partial charge in [-0.25, -0.2) is 0 Å². The molecule has 3 heteroatoms. The first-order valence-electron chi connectivity index (χ1n) is 3.41. The molecule has 0 aliphatic carbocycles. The third kappa shape index (κ3) is 2.04. The molecule has 0 atom stereocenters. The summed E-state index contributed by atoms with van der Waals surface area (Å²) in [6.07, 6.45) is 0. The molecule has 0 amide bonds. The molecular weight excluding hydrogens is 180 g/mol. The van der Waals surface area contributed by atoms with E-state index >= 15 is 0 Å². The van der Waals surface area contributed by atoms with Crippen LogP contribution in [-0.4, -0.2) is 5.24 Å². The van der Waals surface area contributed by atoms with E-state index in [4.69, 9.17) is 11.6 Å². The summed E-state index contributed by atoms with van der Waals surface area (Å²) in [7, 11) is 0. The lowest BCUT2D eigenvalue weighted by atomic mass is 10.2. The number of halogens is 1. The maximum atomic E-state index is 10.7. The molecular formula is C8H9ClOS. The standard InChI is InChI=1S/C8H9ClOS/c1-5(2)6-3-4-7(11-6)8(9)10/h3-5H,1-2H3. The first-order valence-corrected chi connectivity index (χ1v) is 4.60. The fourth-order valence-corrected chi connectivity index (χ4v) is 1.79. The second kappa shape index (κ2) is 3.37. The van der Waals surface area contributed by atoms with Crippen molar-refractivity contribution >= 4 is 28.2 Å². The molecule has 0 N–H and O–H groups in total. The third-order valence-corrected chi connectivity index (χ3v) is 3.09. The summed E-state index contributed by atoms with van der Waals surface area (Å²) in [5.41, 5.74) is 0. The summed E-state index contributed by atoms with van der Waals surface area (Å²) >= 11 is 6.76. The van der Waals surface area contributed by atoms with E-state index in [0.717, 1.165) is 0 Å². The average Bonchev–Trinajstić information content (AvgIpc) is 2.33. The van der Waals surface area contributed by atoms with E-state index in [0.29, 0.717) is 10.8 Å². The predicted octanol–water partition coefficient (Wildman–Crippen LogP) is 3.25. The number of carbonyl (C=O) groups excluding carboxylic acids is 1. The zero-order chi connectivity index (χ0) is 8.43. The van der Waals surface area contributed by atoms with Gasteiger partial charge in [0, 0.05) is 4.88 Å². The van der Waals surface area contributed by atoms with Crippen molar-refractivity contribution in [1.82, 2.24) is 0 Å². The van der Waals surface area contributed by atoms with Crippen molar-refractivity contribution in [1.29, 1.82) is 0 Å². The number of hydrogen-bond donors (Lipinski definition) is 0. The minimum Gasteiger partial charge on any atom is -0.275 e. The second-order valence-electron chi connectivity index (χ2n) is 2.63. The molecule has 0 unspecified atom stereocenters. The van der Waals surface area contributed by atoms with E-state index in [1.807, 2.05) is 6.07 Å². The minimum absolute atomic E-state index is 0.359. The van der Waals surface area contributed by atoms with Crippen LogP contribution >= 0.6 is 22.9 Å². The van der Waals surface area contributed by atoms with Gasteiger partial charge in [0.2, 0.25) is 0 Å². The molecule has 0 fully saturated rings. The molecule has 0 saturated carbocycles. The van der Waals surface area contributed by atoms with Crippen LogP contribution in [0.25, 0.3) is 0 Å². The molecule has 0 bridgehead atoms. The van der Waals surface area contributed by atoms with Gasteiger partial charge in [-0.3, -0.25) is 4.79 Å². The Labute approximate surface area is 75.0 Å². The Morgan fingerprint density at radius 1 is 1.55 bits per heavy atom. The van der Waals surface area contributed by atoms with Crippen LogP contribution in [0.3, 0.4) is 0 Å². The summed E-state index contributed by atoms with van der Waals surface area (Å²) in [4.78, 5) is 12.5. The van der Waals surface area contributed by atoms with E-state index in [9.17, 15) is 4.79 Å². The van der Waals surface area contributed by atoms with E-state index < -0.39 is 0 Å². The van der Waals surface area contributed by atoms with Crippen LogP contribution in [0.15, 0.2) is 12.1 Å². The maximum Gasteiger partial charge on any atom is 0.262 e. The topological polar surface area (TPSA) is 17.1 Å². The molecule has 0 aliphatic heterocycles. The lowest BCUT2D eigenvalue weighted by molar-refractivity contribution is 0.108. The van der Waals surface area contributed by atoms with Crippen molar-refractivity contribution in [3.8, 4) is 0 Å². The van der Waals surface area contributed by atoms with Crippen LogP contribution in [-0.2, 0) is 0 Å². The summed E-state index contributed by atoms with van der Waals surface area (Å²) in [6, 6.07) is 3.72. The van der Waals surface area contributed by atoms with Crippen LogP contribution in [0.5, 0.6) is 0 Å². The van der Waals surface area contributed by atoms with Crippen LogP contribution in [0.2, 0.25) is 0 Å². The molecule has 1 aromatic rings. The summed E-state index contributed by atoms with van der Waals surface area (Å²) < 4.78 is 0. The summed E-state index contributed by atoms with van der Waals surface area (Å²) in [6.45, 7) is 4.18. The zero-order valence-corrected chi connectivity index (χ0v) is 8.00.